The van der Waals surface area contributed by atoms with Crippen molar-refractivity contribution >= 4 is 9.24 Å². The Morgan fingerprint density at radius 2 is 1.92 bits per heavy atom. The van der Waals surface area contributed by atoms with E-state index in [1.54, 1.807) is 0 Å². The molecule has 1 atom stereocenters. The van der Waals surface area contributed by atoms with E-state index in [1.165, 1.54) is 38.9 Å². The predicted molar refractivity (Wildman–Crippen MR) is 58.6 cm³/mol. The van der Waals surface area contributed by atoms with E-state index in [2.05, 4.69) is 28.0 Å². The lowest BCUT2D eigenvalue weighted by molar-refractivity contribution is 0.221. The lowest BCUT2D eigenvalue weighted by atomic mass is 10.1. The van der Waals surface area contributed by atoms with Crippen molar-refractivity contribution < 1.29 is 0 Å². The maximum absolute atomic E-state index is 2.95. The normalized spacial score (nSPS) is 22.0. The zero-order valence-electron chi connectivity index (χ0n) is 8.42. The van der Waals surface area contributed by atoms with Gasteiger partial charge < -0.3 is 4.90 Å². The van der Waals surface area contributed by atoms with Gasteiger partial charge in [-0.05, 0) is 50.5 Å². The van der Waals surface area contributed by atoms with Crippen LogP contribution in [0.1, 0.15) is 33.1 Å². The molecule has 1 nitrogen and oxygen atoms in total. The molecule has 1 rings (SSSR count). The molecular formula is C10H22NP. The van der Waals surface area contributed by atoms with Crippen molar-refractivity contribution in [3.05, 3.63) is 0 Å². The van der Waals surface area contributed by atoms with Crippen LogP contribution in [0.15, 0.2) is 0 Å². The fourth-order valence-electron chi connectivity index (χ4n) is 1.62. The molecule has 0 aromatic carbocycles. The van der Waals surface area contributed by atoms with Gasteiger partial charge in [-0.2, -0.15) is 0 Å². The van der Waals surface area contributed by atoms with Gasteiger partial charge in [-0.15, -0.1) is 9.24 Å². The predicted octanol–water partition coefficient (Wildman–Crippen LogP) is 2.37. The molecule has 0 bridgehead atoms. The minimum Gasteiger partial charge on any atom is -0.303 e. The molecule has 2 heteroatoms. The van der Waals surface area contributed by atoms with Crippen LogP contribution in [-0.4, -0.2) is 30.2 Å². The highest BCUT2D eigenvalue weighted by atomic mass is 31.0. The van der Waals surface area contributed by atoms with Crippen LogP contribution in [0, 0.1) is 5.92 Å². The molecule has 1 heterocycles. The summed E-state index contributed by atoms with van der Waals surface area (Å²) >= 11 is 0. The van der Waals surface area contributed by atoms with Crippen molar-refractivity contribution in [2.24, 2.45) is 5.92 Å². The second-order valence-electron chi connectivity index (χ2n) is 4.36. The standard InChI is InChI=1S/C10H22NP/c1-9(2)3-6-11-7-4-10(12)5-8-11/h9-10H,3-8,12H2,1-2H3. The average molecular weight is 187 g/mol. The van der Waals surface area contributed by atoms with Crippen LogP contribution in [0.5, 0.6) is 0 Å². The smallest absolute Gasteiger partial charge is 0.00129 e. The Morgan fingerprint density at radius 3 is 2.42 bits per heavy atom. The Morgan fingerprint density at radius 1 is 1.33 bits per heavy atom. The third kappa shape index (κ3) is 3.87. The summed E-state index contributed by atoms with van der Waals surface area (Å²) in [4.78, 5) is 2.61. The van der Waals surface area contributed by atoms with E-state index in [0.29, 0.717) is 0 Å². The molecule has 0 N–H and O–H groups in total. The summed E-state index contributed by atoms with van der Waals surface area (Å²) < 4.78 is 0. The average Bonchev–Trinajstić information content (AvgIpc) is 2.03. The highest BCUT2D eigenvalue weighted by Crippen LogP contribution is 2.18. The van der Waals surface area contributed by atoms with E-state index in [0.717, 1.165) is 11.6 Å². The molecule has 1 aliphatic heterocycles. The van der Waals surface area contributed by atoms with E-state index in [4.69, 9.17) is 0 Å². The molecule has 0 spiro atoms. The van der Waals surface area contributed by atoms with E-state index < -0.39 is 0 Å². The van der Waals surface area contributed by atoms with Gasteiger partial charge in [-0.1, -0.05) is 13.8 Å². The number of rotatable bonds is 3. The van der Waals surface area contributed by atoms with Crippen LogP contribution in [0.3, 0.4) is 0 Å². The first-order chi connectivity index (χ1) is 5.68. The summed E-state index contributed by atoms with van der Waals surface area (Å²) in [7, 11) is 2.95. The molecule has 0 aromatic heterocycles. The van der Waals surface area contributed by atoms with Crippen molar-refractivity contribution in [2.75, 3.05) is 19.6 Å². The molecule has 0 radical (unpaired) electrons. The second kappa shape index (κ2) is 5.19. The van der Waals surface area contributed by atoms with Crippen molar-refractivity contribution in [2.45, 2.75) is 38.8 Å². The fourth-order valence-corrected chi connectivity index (χ4v) is 1.92. The first kappa shape index (κ1) is 10.5. The summed E-state index contributed by atoms with van der Waals surface area (Å²) in [5.41, 5.74) is 0.889. The highest BCUT2D eigenvalue weighted by molar-refractivity contribution is 7.17. The van der Waals surface area contributed by atoms with Crippen molar-refractivity contribution in [1.82, 2.24) is 4.90 Å². The van der Waals surface area contributed by atoms with Gasteiger partial charge in [0.2, 0.25) is 0 Å². The molecule has 72 valence electrons. The van der Waals surface area contributed by atoms with Gasteiger partial charge in [-0.3, -0.25) is 0 Å². The number of nitrogens with zero attached hydrogens (tertiary/aromatic N) is 1. The first-order valence-electron chi connectivity index (χ1n) is 5.16. The molecule has 1 aliphatic rings. The largest absolute Gasteiger partial charge is 0.303 e. The molecular weight excluding hydrogens is 165 g/mol. The second-order valence-corrected chi connectivity index (χ2v) is 5.30. The summed E-state index contributed by atoms with van der Waals surface area (Å²) in [6.07, 6.45) is 4.12. The zero-order chi connectivity index (χ0) is 8.97. The van der Waals surface area contributed by atoms with E-state index in [-0.39, 0.29) is 0 Å². The quantitative estimate of drug-likeness (QED) is 0.613. The van der Waals surface area contributed by atoms with Gasteiger partial charge in [0, 0.05) is 0 Å². The third-order valence-corrected chi connectivity index (χ3v) is 3.32. The monoisotopic (exact) mass is 187 g/mol. The van der Waals surface area contributed by atoms with Gasteiger partial charge >= 0.3 is 0 Å². The molecule has 1 fully saturated rings. The molecule has 1 unspecified atom stereocenters. The maximum Gasteiger partial charge on any atom is -0.00129 e. The van der Waals surface area contributed by atoms with Crippen LogP contribution in [-0.2, 0) is 0 Å². The van der Waals surface area contributed by atoms with Gasteiger partial charge in [-0.25, -0.2) is 0 Å². The van der Waals surface area contributed by atoms with E-state index in [1.807, 2.05) is 0 Å². The zero-order valence-corrected chi connectivity index (χ0v) is 9.58. The Kier molecular flexibility index (Phi) is 4.53. The summed E-state index contributed by atoms with van der Waals surface area (Å²) in [5, 5.41) is 0. The van der Waals surface area contributed by atoms with Crippen LogP contribution < -0.4 is 0 Å². The van der Waals surface area contributed by atoms with Crippen LogP contribution in [0.4, 0.5) is 0 Å². The minimum atomic E-state index is 0.860. The summed E-state index contributed by atoms with van der Waals surface area (Å²) in [6.45, 7) is 8.57. The van der Waals surface area contributed by atoms with Gasteiger partial charge in [0.25, 0.3) is 0 Å². The number of hydrogen-bond acceptors (Lipinski definition) is 1. The minimum absolute atomic E-state index is 0.860. The Hall–Kier alpha value is 0.390. The molecule has 0 saturated carbocycles. The van der Waals surface area contributed by atoms with Crippen molar-refractivity contribution in [1.29, 1.82) is 0 Å². The highest BCUT2D eigenvalue weighted by Gasteiger charge is 2.15. The Balaban J connectivity index is 2.09. The molecule has 1 saturated heterocycles. The lowest BCUT2D eigenvalue weighted by Crippen LogP contribution is -2.34. The number of hydrogen-bond donors (Lipinski definition) is 0. The van der Waals surface area contributed by atoms with Crippen molar-refractivity contribution in [3.63, 3.8) is 0 Å². The topological polar surface area (TPSA) is 3.24 Å². The van der Waals surface area contributed by atoms with E-state index in [9.17, 15) is 0 Å². The SMILES string of the molecule is CC(C)CCN1CCC(P)CC1. The maximum atomic E-state index is 2.95. The lowest BCUT2D eigenvalue weighted by Gasteiger charge is -2.30. The Bertz CT molecular complexity index is 117. The van der Waals surface area contributed by atoms with Gasteiger partial charge in [0.05, 0.1) is 0 Å². The number of likely N-dealkylation sites (tertiary alicyclic amines) is 1. The Labute approximate surface area is 79.1 Å². The third-order valence-electron chi connectivity index (χ3n) is 2.65. The summed E-state index contributed by atoms with van der Waals surface area (Å²) in [6, 6.07) is 0. The fraction of sp³-hybridized carbons (Fsp3) is 1.00. The molecule has 0 aromatic rings. The van der Waals surface area contributed by atoms with Gasteiger partial charge in [0.1, 0.15) is 0 Å². The summed E-state index contributed by atoms with van der Waals surface area (Å²) in [5.74, 6) is 0.860. The molecule has 0 aliphatic carbocycles. The van der Waals surface area contributed by atoms with Crippen LogP contribution in [0.25, 0.3) is 0 Å². The first-order valence-corrected chi connectivity index (χ1v) is 5.83. The van der Waals surface area contributed by atoms with Crippen molar-refractivity contribution in [3.8, 4) is 0 Å². The molecule has 12 heavy (non-hydrogen) atoms. The number of piperidine rings is 1. The van der Waals surface area contributed by atoms with Crippen LogP contribution >= 0.6 is 9.24 Å². The van der Waals surface area contributed by atoms with Gasteiger partial charge in [0.15, 0.2) is 0 Å². The molecule has 0 amide bonds. The van der Waals surface area contributed by atoms with Crippen LogP contribution in [0.2, 0.25) is 0 Å². The van der Waals surface area contributed by atoms with E-state index >= 15 is 0 Å².